The summed E-state index contributed by atoms with van der Waals surface area (Å²) in [6, 6.07) is 6.29. The van der Waals surface area contributed by atoms with Crippen LogP contribution in [-0.4, -0.2) is 29.4 Å². The fourth-order valence-corrected chi connectivity index (χ4v) is 3.27. The molecule has 3 rings (SSSR count). The number of rotatable bonds is 1. The highest BCUT2D eigenvalue weighted by Gasteiger charge is 2.53. The number of amides is 3. The van der Waals surface area contributed by atoms with Gasteiger partial charge in [-0.1, -0.05) is 13.8 Å². The minimum Gasteiger partial charge on any atom is -0.399 e. The second-order valence-corrected chi connectivity index (χ2v) is 6.24. The number of hydrogen-bond donors (Lipinski definition) is 1. The van der Waals surface area contributed by atoms with Crippen LogP contribution in [0, 0.1) is 5.41 Å². The monoisotopic (exact) mass is 273 g/mol. The molecule has 5 nitrogen and oxygen atoms in total. The van der Waals surface area contributed by atoms with Crippen molar-refractivity contribution in [3.05, 3.63) is 24.3 Å². The van der Waals surface area contributed by atoms with E-state index in [1.807, 2.05) is 0 Å². The zero-order chi connectivity index (χ0) is 14.5. The van der Waals surface area contributed by atoms with Gasteiger partial charge in [-0.2, -0.15) is 0 Å². The molecule has 1 aromatic rings. The third kappa shape index (κ3) is 1.77. The van der Waals surface area contributed by atoms with Crippen molar-refractivity contribution in [2.24, 2.45) is 5.41 Å². The molecule has 0 spiro atoms. The summed E-state index contributed by atoms with van der Waals surface area (Å²) in [5.41, 5.74) is 6.70. The molecule has 2 heterocycles. The first-order chi connectivity index (χ1) is 9.42. The zero-order valence-corrected chi connectivity index (χ0v) is 11.8. The van der Waals surface area contributed by atoms with Crippen molar-refractivity contribution in [2.75, 3.05) is 17.2 Å². The molecule has 2 aliphatic rings. The Morgan fingerprint density at radius 3 is 2.45 bits per heavy atom. The highest BCUT2D eigenvalue weighted by atomic mass is 16.2. The van der Waals surface area contributed by atoms with Gasteiger partial charge in [0.05, 0.1) is 5.69 Å². The molecule has 0 saturated carbocycles. The lowest BCUT2D eigenvalue weighted by Crippen LogP contribution is -2.49. The Labute approximate surface area is 118 Å². The van der Waals surface area contributed by atoms with Crippen LogP contribution in [0.3, 0.4) is 0 Å². The normalized spacial score (nSPS) is 25.0. The molecule has 1 unspecified atom stereocenters. The lowest BCUT2D eigenvalue weighted by atomic mass is 9.77. The molecule has 5 heteroatoms. The average Bonchev–Trinajstić information content (AvgIpc) is 2.64. The summed E-state index contributed by atoms with van der Waals surface area (Å²) in [5, 5.41) is 0. The van der Waals surface area contributed by atoms with Crippen molar-refractivity contribution in [2.45, 2.75) is 32.7 Å². The standard InChI is InChI=1S/C15H19N3O2/c1-15(2)8-3-9-17-12(15)13(19)18(14(17)20)11-6-4-10(16)5-7-11/h4-7,12H,3,8-9,16H2,1-2H3. The Balaban J connectivity index is 2.00. The van der Waals surface area contributed by atoms with Gasteiger partial charge in [0.25, 0.3) is 5.91 Å². The maximum absolute atomic E-state index is 12.7. The topological polar surface area (TPSA) is 66.6 Å². The lowest BCUT2D eigenvalue weighted by Gasteiger charge is -2.39. The Hall–Kier alpha value is -2.04. The molecule has 0 aliphatic carbocycles. The number of anilines is 2. The van der Waals surface area contributed by atoms with Crippen LogP contribution in [0.15, 0.2) is 24.3 Å². The van der Waals surface area contributed by atoms with Crippen molar-refractivity contribution in [3.8, 4) is 0 Å². The molecule has 20 heavy (non-hydrogen) atoms. The summed E-state index contributed by atoms with van der Waals surface area (Å²) in [4.78, 5) is 28.2. The highest BCUT2D eigenvalue weighted by molar-refractivity contribution is 6.21. The number of imide groups is 1. The van der Waals surface area contributed by atoms with Crippen LogP contribution in [0.1, 0.15) is 26.7 Å². The molecular weight excluding hydrogens is 254 g/mol. The van der Waals surface area contributed by atoms with E-state index in [1.54, 1.807) is 29.2 Å². The molecule has 106 valence electrons. The molecule has 2 saturated heterocycles. The van der Waals surface area contributed by atoms with Gasteiger partial charge in [0.15, 0.2) is 0 Å². The summed E-state index contributed by atoms with van der Waals surface area (Å²) in [7, 11) is 0. The number of fused-ring (bicyclic) bond motifs is 1. The van der Waals surface area contributed by atoms with E-state index in [-0.39, 0.29) is 23.4 Å². The van der Waals surface area contributed by atoms with Crippen molar-refractivity contribution in [3.63, 3.8) is 0 Å². The molecule has 2 aliphatic heterocycles. The first kappa shape index (κ1) is 13.0. The van der Waals surface area contributed by atoms with Crippen molar-refractivity contribution < 1.29 is 9.59 Å². The van der Waals surface area contributed by atoms with Crippen LogP contribution < -0.4 is 10.6 Å². The molecule has 0 aromatic heterocycles. The van der Waals surface area contributed by atoms with E-state index < -0.39 is 0 Å². The molecule has 1 aromatic carbocycles. The molecule has 1 atom stereocenters. The van der Waals surface area contributed by atoms with Gasteiger partial charge in [-0.25, -0.2) is 9.69 Å². The van der Waals surface area contributed by atoms with E-state index in [2.05, 4.69) is 13.8 Å². The smallest absolute Gasteiger partial charge is 0.332 e. The number of urea groups is 1. The van der Waals surface area contributed by atoms with Gasteiger partial charge < -0.3 is 10.6 Å². The third-order valence-electron chi connectivity index (χ3n) is 4.31. The Morgan fingerprint density at radius 2 is 1.85 bits per heavy atom. The third-order valence-corrected chi connectivity index (χ3v) is 4.31. The van der Waals surface area contributed by atoms with E-state index in [0.717, 1.165) is 12.8 Å². The van der Waals surface area contributed by atoms with Gasteiger partial charge in [0.1, 0.15) is 6.04 Å². The Bertz CT molecular complexity index is 565. The number of nitrogens with two attached hydrogens (primary N) is 1. The summed E-state index contributed by atoms with van der Waals surface area (Å²) >= 11 is 0. The van der Waals surface area contributed by atoms with Gasteiger partial charge in [-0.3, -0.25) is 4.79 Å². The summed E-state index contributed by atoms with van der Waals surface area (Å²) < 4.78 is 0. The van der Waals surface area contributed by atoms with Gasteiger partial charge >= 0.3 is 6.03 Å². The number of hydrogen-bond acceptors (Lipinski definition) is 3. The second kappa shape index (κ2) is 4.23. The fraction of sp³-hybridized carbons (Fsp3) is 0.467. The van der Waals surface area contributed by atoms with Gasteiger partial charge in [0.2, 0.25) is 0 Å². The molecule has 3 amide bonds. The predicted molar refractivity (Wildman–Crippen MR) is 77.2 cm³/mol. The van der Waals surface area contributed by atoms with Crippen LogP contribution in [-0.2, 0) is 4.79 Å². The van der Waals surface area contributed by atoms with E-state index in [0.29, 0.717) is 17.9 Å². The lowest BCUT2D eigenvalue weighted by molar-refractivity contribution is -0.124. The quantitative estimate of drug-likeness (QED) is 0.630. The van der Waals surface area contributed by atoms with E-state index in [1.165, 1.54) is 4.90 Å². The predicted octanol–water partition coefficient (Wildman–Crippen LogP) is 2.23. The Morgan fingerprint density at radius 1 is 1.20 bits per heavy atom. The minimum atomic E-state index is -0.346. The maximum Gasteiger partial charge on any atom is 0.332 e. The number of piperidine rings is 1. The first-order valence-electron chi connectivity index (χ1n) is 6.92. The number of carbonyl (C=O) groups is 2. The number of benzene rings is 1. The van der Waals surface area contributed by atoms with Gasteiger partial charge in [-0.05, 0) is 42.5 Å². The fourth-order valence-electron chi connectivity index (χ4n) is 3.27. The van der Waals surface area contributed by atoms with Crippen molar-refractivity contribution in [1.82, 2.24) is 4.90 Å². The van der Waals surface area contributed by atoms with E-state index in [4.69, 9.17) is 5.73 Å². The summed E-state index contributed by atoms with van der Waals surface area (Å²) in [6.07, 6.45) is 1.90. The molecule has 0 radical (unpaired) electrons. The van der Waals surface area contributed by atoms with Crippen molar-refractivity contribution >= 4 is 23.3 Å². The zero-order valence-electron chi connectivity index (χ0n) is 11.8. The van der Waals surface area contributed by atoms with Crippen LogP contribution >= 0.6 is 0 Å². The molecule has 0 bridgehead atoms. The van der Waals surface area contributed by atoms with Gasteiger partial charge in [-0.15, -0.1) is 0 Å². The number of nitrogen functional groups attached to an aromatic ring is 1. The summed E-state index contributed by atoms with van der Waals surface area (Å²) in [5.74, 6) is -0.121. The summed E-state index contributed by atoms with van der Waals surface area (Å²) in [6.45, 7) is 4.77. The van der Waals surface area contributed by atoms with Crippen LogP contribution in [0.4, 0.5) is 16.2 Å². The van der Waals surface area contributed by atoms with E-state index in [9.17, 15) is 9.59 Å². The van der Waals surface area contributed by atoms with Crippen LogP contribution in [0.25, 0.3) is 0 Å². The first-order valence-corrected chi connectivity index (χ1v) is 6.92. The van der Waals surface area contributed by atoms with Gasteiger partial charge in [0, 0.05) is 12.2 Å². The second-order valence-electron chi connectivity index (χ2n) is 6.24. The SMILES string of the molecule is CC1(C)CCCN2C(=O)N(c3ccc(N)cc3)C(=O)C21. The van der Waals surface area contributed by atoms with Crippen LogP contribution in [0.5, 0.6) is 0 Å². The minimum absolute atomic E-state index is 0.121. The van der Waals surface area contributed by atoms with E-state index >= 15 is 0 Å². The number of nitrogens with zero attached hydrogens (tertiary/aromatic N) is 2. The average molecular weight is 273 g/mol. The maximum atomic E-state index is 12.7. The Kier molecular flexibility index (Phi) is 2.74. The molecule has 2 N–H and O–H groups in total. The van der Waals surface area contributed by atoms with Crippen molar-refractivity contribution in [1.29, 1.82) is 0 Å². The largest absolute Gasteiger partial charge is 0.399 e. The highest BCUT2D eigenvalue weighted by Crippen LogP contribution is 2.41. The molecule has 2 fully saturated rings. The van der Waals surface area contributed by atoms with Crippen LogP contribution in [0.2, 0.25) is 0 Å². The molecular formula is C15H19N3O2. The number of carbonyl (C=O) groups excluding carboxylic acids is 2.